The van der Waals surface area contributed by atoms with Crippen LogP contribution in [0.5, 0.6) is 5.75 Å². The molecule has 12 heteroatoms. The molecule has 0 saturated heterocycles. The van der Waals surface area contributed by atoms with Gasteiger partial charge in [0.15, 0.2) is 0 Å². The number of hydrogen-bond acceptors (Lipinski definition) is 7. The highest BCUT2D eigenvalue weighted by atomic mass is 19.4. The van der Waals surface area contributed by atoms with E-state index in [1.165, 1.54) is 48.2 Å². The van der Waals surface area contributed by atoms with Gasteiger partial charge in [-0.05, 0) is 96.1 Å². The molecule has 0 atom stereocenters. The molecule has 216 valence electrons. The van der Waals surface area contributed by atoms with Crippen LogP contribution in [0.3, 0.4) is 0 Å². The summed E-state index contributed by atoms with van der Waals surface area (Å²) >= 11 is 0. The van der Waals surface area contributed by atoms with Crippen LogP contribution in [0, 0.1) is 0 Å². The third-order valence-corrected chi connectivity index (χ3v) is 6.67. The van der Waals surface area contributed by atoms with Gasteiger partial charge in [0.1, 0.15) is 11.6 Å². The molecule has 0 aliphatic heterocycles. The van der Waals surface area contributed by atoms with Gasteiger partial charge in [-0.1, -0.05) is 42.0 Å². The number of nitrogens with zero attached hydrogens (tertiary/aromatic N) is 4. The molecule has 1 aromatic heterocycles. The molecule has 0 spiro atoms. The Hall–Kier alpha value is -5.13. The lowest BCUT2D eigenvalue weighted by Gasteiger charge is -2.28. The second-order valence-corrected chi connectivity index (χ2v) is 9.64. The number of allylic oxidation sites excluding steroid dienone is 2. The summed E-state index contributed by atoms with van der Waals surface area (Å²) in [4.78, 5) is 14.5. The molecule has 42 heavy (non-hydrogen) atoms. The fraction of sp³-hybridized carbons (Fsp3) is 0.200. The van der Waals surface area contributed by atoms with Crippen molar-refractivity contribution < 1.29 is 22.7 Å². The van der Waals surface area contributed by atoms with E-state index in [9.17, 15) is 18.0 Å². The number of hydrogen-bond donors (Lipinski definition) is 3. The van der Waals surface area contributed by atoms with Crippen LogP contribution in [0.15, 0.2) is 91.3 Å². The number of anilines is 3. The van der Waals surface area contributed by atoms with Crippen molar-refractivity contribution >= 4 is 28.8 Å². The molecule has 0 saturated carbocycles. The number of carbonyl (C=O) groups is 1. The van der Waals surface area contributed by atoms with Gasteiger partial charge in [0, 0.05) is 23.5 Å². The molecule has 3 N–H and O–H groups in total. The Labute approximate surface area is 240 Å². The number of amides is 1. The quantitative estimate of drug-likeness (QED) is 0.189. The molecule has 4 aromatic rings. The number of aromatic nitrogens is 4. The lowest BCUT2D eigenvalue weighted by atomic mass is 9.93. The molecule has 1 amide bonds. The molecule has 1 aliphatic carbocycles. The highest BCUT2D eigenvalue weighted by Gasteiger charge is 2.31. The maximum atomic E-state index is 12.6. The van der Waals surface area contributed by atoms with Crippen molar-refractivity contribution in [3.05, 3.63) is 108 Å². The van der Waals surface area contributed by atoms with Crippen molar-refractivity contribution in [2.75, 3.05) is 15.5 Å². The van der Waals surface area contributed by atoms with E-state index >= 15 is 0 Å². The normalized spacial score (nSPS) is 13.2. The number of carbonyl (C=O) groups excluding carboxylic acids is 1. The highest BCUT2D eigenvalue weighted by molar-refractivity contribution is 6.03. The Morgan fingerprint density at radius 3 is 2.33 bits per heavy atom. The minimum Gasteiger partial charge on any atom is -0.406 e. The van der Waals surface area contributed by atoms with Crippen LogP contribution >= 0.6 is 0 Å². The van der Waals surface area contributed by atoms with Crippen molar-refractivity contribution in [1.82, 2.24) is 20.6 Å². The summed E-state index contributed by atoms with van der Waals surface area (Å²) < 4.78 is 41.6. The van der Waals surface area contributed by atoms with E-state index < -0.39 is 6.36 Å². The standard InChI is InChI=1S/C30H28F3N7O2/c1-20(34-25-13-17-27(18-14-25)42-30(31,32)33)40(26-15-11-23(12-16-26)22-5-3-2-4-6-22)19-21-7-9-24(10-8-21)28(41)35-29-36-38-39-37-29/h5,7-18,34H,1-4,6,19H2,(H2,35,36,37,38,39,41). The van der Waals surface area contributed by atoms with Crippen LogP contribution in [0.2, 0.25) is 0 Å². The molecule has 0 fully saturated rings. The predicted octanol–water partition coefficient (Wildman–Crippen LogP) is 6.90. The fourth-order valence-corrected chi connectivity index (χ4v) is 4.60. The van der Waals surface area contributed by atoms with E-state index in [-0.39, 0.29) is 17.6 Å². The zero-order chi connectivity index (χ0) is 29.5. The van der Waals surface area contributed by atoms with Crippen molar-refractivity contribution in [1.29, 1.82) is 0 Å². The van der Waals surface area contributed by atoms with Gasteiger partial charge in [0.05, 0.1) is 0 Å². The summed E-state index contributed by atoms with van der Waals surface area (Å²) in [5.41, 5.74) is 5.22. The maximum absolute atomic E-state index is 12.6. The lowest BCUT2D eigenvalue weighted by Crippen LogP contribution is -2.26. The van der Waals surface area contributed by atoms with Crippen LogP contribution in [0.25, 0.3) is 5.57 Å². The van der Waals surface area contributed by atoms with Gasteiger partial charge in [0.25, 0.3) is 11.9 Å². The SMILES string of the molecule is C=C(Nc1ccc(OC(F)(F)F)cc1)N(Cc1ccc(C(=O)Nc2nn[nH]n2)cc1)c1ccc(C2=CCCCC2)cc1. The molecule has 0 radical (unpaired) electrons. The van der Waals surface area contributed by atoms with E-state index in [1.54, 1.807) is 12.1 Å². The molecule has 1 heterocycles. The van der Waals surface area contributed by atoms with E-state index in [2.05, 4.69) is 60.8 Å². The predicted molar refractivity (Wildman–Crippen MR) is 154 cm³/mol. The minimum absolute atomic E-state index is 0.0723. The van der Waals surface area contributed by atoms with Gasteiger partial charge in [-0.15, -0.1) is 18.3 Å². The first-order chi connectivity index (χ1) is 20.2. The smallest absolute Gasteiger partial charge is 0.406 e. The van der Waals surface area contributed by atoms with E-state index in [0.717, 1.165) is 24.1 Å². The Kier molecular flexibility index (Phi) is 8.51. The minimum atomic E-state index is -4.77. The van der Waals surface area contributed by atoms with Gasteiger partial charge in [-0.25, -0.2) is 0 Å². The molecular formula is C30H28F3N7O2. The summed E-state index contributed by atoms with van der Waals surface area (Å²) in [5.74, 6) is -0.117. The number of aromatic amines is 1. The Bertz CT molecular complexity index is 1530. The molecule has 1 aliphatic rings. The summed E-state index contributed by atoms with van der Waals surface area (Å²) in [6.07, 6.45) is 2.05. The highest BCUT2D eigenvalue weighted by Crippen LogP contribution is 2.30. The number of rotatable bonds is 10. The molecule has 3 aromatic carbocycles. The Morgan fingerprint density at radius 1 is 0.976 bits per heavy atom. The van der Waals surface area contributed by atoms with E-state index in [1.807, 2.05) is 29.2 Å². The molecule has 0 unspecified atom stereocenters. The number of tetrazole rings is 1. The lowest BCUT2D eigenvalue weighted by molar-refractivity contribution is -0.274. The second kappa shape index (κ2) is 12.6. The zero-order valence-electron chi connectivity index (χ0n) is 22.5. The molecule has 5 rings (SSSR count). The average Bonchev–Trinajstić information content (AvgIpc) is 3.50. The van der Waals surface area contributed by atoms with Crippen LogP contribution in [0.1, 0.15) is 47.2 Å². The van der Waals surface area contributed by atoms with Gasteiger partial charge >= 0.3 is 6.36 Å². The summed E-state index contributed by atoms with van der Waals surface area (Å²) in [6, 6.07) is 20.7. The van der Waals surface area contributed by atoms with Crippen LogP contribution in [-0.4, -0.2) is 32.9 Å². The van der Waals surface area contributed by atoms with Crippen molar-refractivity contribution in [2.24, 2.45) is 0 Å². The van der Waals surface area contributed by atoms with Crippen LogP contribution < -0.4 is 20.3 Å². The first kappa shape index (κ1) is 28.4. The van der Waals surface area contributed by atoms with Crippen molar-refractivity contribution in [3.63, 3.8) is 0 Å². The number of alkyl halides is 3. The van der Waals surface area contributed by atoms with Crippen molar-refractivity contribution in [2.45, 2.75) is 38.6 Å². The van der Waals surface area contributed by atoms with Crippen molar-refractivity contribution in [3.8, 4) is 5.75 Å². The van der Waals surface area contributed by atoms with E-state index in [4.69, 9.17) is 0 Å². The topological polar surface area (TPSA) is 108 Å². The molecular weight excluding hydrogens is 547 g/mol. The monoisotopic (exact) mass is 575 g/mol. The number of ether oxygens (including phenoxy) is 1. The summed E-state index contributed by atoms with van der Waals surface area (Å²) in [7, 11) is 0. The molecule has 9 nitrogen and oxygen atoms in total. The fourth-order valence-electron chi connectivity index (χ4n) is 4.60. The van der Waals surface area contributed by atoms with E-state index in [0.29, 0.717) is 23.6 Å². The first-order valence-electron chi connectivity index (χ1n) is 13.3. The Balaban J connectivity index is 1.34. The second-order valence-electron chi connectivity index (χ2n) is 9.64. The first-order valence-corrected chi connectivity index (χ1v) is 13.3. The maximum Gasteiger partial charge on any atom is 0.573 e. The number of benzene rings is 3. The largest absolute Gasteiger partial charge is 0.573 e. The van der Waals surface area contributed by atoms with Gasteiger partial charge in [-0.3, -0.25) is 10.1 Å². The van der Waals surface area contributed by atoms with Crippen LogP contribution in [-0.2, 0) is 6.54 Å². The van der Waals surface area contributed by atoms with Gasteiger partial charge < -0.3 is 15.0 Å². The average molecular weight is 576 g/mol. The van der Waals surface area contributed by atoms with Gasteiger partial charge in [0.2, 0.25) is 0 Å². The zero-order valence-corrected chi connectivity index (χ0v) is 22.5. The Morgan fingerprint density at radius 2 is 1.71 bits per heavy atom. The third-order valence-electron chi connectivity index (χ3n) is 6.67. The van der Waals surface area contributed by atoms with Crippen LogP contribution in [0.4, 0.5) is 30.5 Å². The summed E-state index contributed by atoms with van der Waals surface area (Å²) in [5, 5.41) is 18.9. The summed E-state index contributed by atoms with van der Waals surface area (Å²) in [6.45, 7) is 4.61. The number of H-pyrrole nitrogens is 1. The third kappa shape index (κ3) is 7.53. The number of nitrogens with one attached hydrogen (secondary N) is 3. The van der Waals surface area contributed by atoms with Gasteiger partial charge in [-0.2, -0.15) is 5.21 Å². The number of halogens is 3. The molecule has 0 bridgehead atoms.